The molecule has 0 heterocycles. The van der Waals surface area contributed by atoms with Gasteiger partial charge in [0.25, 0.3) is 5.91 Å². The number of carboxylic acids is 1. The van der Waals surface area contributed by atoms with E-state index in [-0.39, 0.29) is 11.8 Å². The van der Waals surface area contributed by atoms with Gasteiger partial charge in [-0.05, 0) is 44.2 Å². The molecule has 0 spiro atoms. The van der Waals surface area contributed by atoms with Gasteiger partial charge >= 0.3 is 5.97 Å². The van der Waals surface area contributed by atoms with Crippen molar-refractivity contribution in [3.05, 3.63) is 34.9 Å². The van der Waals surface area contributed by atoms with Gasteiger partial charge in [-0.25, -0.2) is 4.79 Å². The van der Waals surface area contributed by atoms with Gasteiger partial charge in [-0.15, -0.1) is 0 Å². The molecule has 1 aliphatic rings. The second-order valence-electron chi connectivity index (χ2n) is 6.01. The first kappa shape index (κ1) is 15.5. The summed E-state index contributed by atoms with van der Waals surface area (Å²) in [5.41, 5.74) is 2.43. The molecule has 2 rings (SSSR count). The Morgan fingerprint density at radius 2 is 1.86 bits per heavy atom. The van der Waals surface area contributed by atoms with Crippen LogP contribution >= 0.6 is 0 Å². The SMILES string of the molecule is Cc1ccc(C)c(C(=O)NC(C(=O)O)C2CCCCC2)c1. The Bertz CT molecular complexity index is 533. The fraction of sp³-hybridized carbons (Fsp3) is 0.529. The van der Waals surface area contributed by atoms with E-state index in [1.54, 1.807) is 0 Å². The second kappa shape index (κ2) is 6.74. The summed E-state index contributed by atoms with van der Waals surface area (Å²) >= 11 is 0. The summed E-state index contributed by atoms with van der Waals surface area (Å²) in [5.74, 6) is -1.17. The van der Waals surface area contributed by atoms with E-state index in [9.17, 15) is 14.7 Å². The fourth-order valence-corrected chi connectivity index (χ4v) is 3.05. The van der Waals surface area contributed by atoms with Gasteiger partial charge < -0.3 is 10.4 Å². The van der Waals surface area contributed by atoms with Crippen LogP contribution in [0.1, 0.15) is 53.6 Å². The van der Waals surface area contributed by atoms with Crippen LogP contribution in [0.25, 0.3) is 0 Å². The molecular weight excluding hydrogens is 266 g/mol. The van der Waals surface area contributed by atoms with Crippen LogP contribution in [0.4, 0.5) is 0 Å². The summed E-state index contributed by atoms with van der Waals surface area (Å²) < 4.78 is 0. The summed E-state index contributed by atoms with van der Waals surface area (Å²) in [6.45, 7) is 3.79. The smallest absolute Gasteiger partial charge is 0.326 e. The lowest BCUT2D eigenvalue weighted by atomic mass is 9.83. The molecule has 1 saturated carbocycles. The summed E-state index contributed by atoms with van der Waals surface area (Å²) in [7, 11) is 0. The average Bonchev–Trinajstić information content (AvgIpc) is 2.47. The lowest BCUT2D eigenvalue weighted by Gasteiger charge is -2.28. The van der Waals surface area contributed by atoms with Crippen LogP contribution in [0.2, 0.25) is 0 Å². The Balaban J connectivity index is 2.14. The third-order valence-electron chi connectivity index (χ3n) is 4.31. The van der Waals surface area contributed by atoms with Crippen LogP contribution in [-0.2, 0) is 4.79 Å². The van der Waals surface area contributed by atoms with E-state index < -0.39 is 12.0 Å². The summed E-state index contributed by atoms with van der Waals surface area (Å²) in [4.78, 5) is 23.9. The van der Waals surface area contributed by atoms with E-state index in [4.69, 9.17) is 0 Å². The Morgan fingerprint density at radius 3 is 2.48 bits per heavy atom. The number of carbonyl (C=O) groups is 2. The van der Waals surface area contributed by atoms with E-state index in [1.165, 1.54) is 0 Å². The zero-order valence-corrected chi connectivity index (χ0v) is 12.7. The number of hydrogen-bond donors (Lipinski definition) is 2. The molecule has 4 heteroatoms. The predicted molar refractivity (Wildman–Crippen MR) is 81.4 cm³/mol. The molecule has 0 aliphatic heterocycles. The van der Waals surface area contributed by atoms with Crippen LogP contribution in [0.5, 0.6) is 0 Å². The van der Waals surface area contributed by atoms with Crippen LogP contribution < -0.4 is 5.32 Å². The molecular formula is C17H23NO3. The second-order valence-corrected chi connectivity index (χ2v) is 6.01. The molecule has 21 heavy (non-hydrogen) atoms. The molecule has 1 aromatic carbocycles. The van der Waals surface area contributed by atoms with Gasteiger partial charge in [0.1, 0.15) is 6.04 Å². The van der Waals surface area contributed by atoms with Crippen molar-refractivity contribution in [2.75, 3.05) is 0 Å². The number of aliphatic carboxylic acids is 1. The molecule has 4 nitrogen and oxygen atoms in total. The Morgan fingerprint density at radius 1 is 1.19 bits per heavy atom. The number of rotatable bonds is 4. The maximum atomic E-state index is 12.4. The largest absolute Gasteiger partial charge is 0.480 e. The first-order valence-electron chi connectivity index (χ1n) is 7.60. The van der Waals surface area contributed by atoms with E-state index in [0.717, 1.165) is 43.2 Å². The van der Waals surface area contributed by atoms with Crippen molar-refractivity contribution in [3.63, 3.8) is 0 Å². The number of carbonyl (C=O) groups excluding carboxylic acids is 1. The Labute approximate surface area is 125 Å². The van der Waals surface area contributed by atoms with Crippen molar-refractivity contribution in [1.29, 1.82) is 0 Å². The van der Waals surface area contributed by atoms with Crippen molar-refractivity contribution in [2.24, 2.45) is 5.92 Å². The molecule has 0 bridgehead atoms. The third-order valence-corrected chi connectivity index (χ3v) is 4.31. The highest BCUT2D eigenvalue weighted by atomic mass is 16.4. The summed E-state index contributed by atoms with van der Waals surface area (Å²) in [6, 6.07) is 4.87. The molecule has 0 saturated heterocycles. The maximum absolute atomic E-state index is 12.4. The van der Waals surface area contributed by atoms with Gasteiger partial charge in [-0.2, -0.15) is 0 Å². The first-order chi connectivity index (χ1) is 9.99. The molecule has 114 valence electrons. The maximum Gasteiger partial charge on any atom is 0.326 e. The third kappa shape index (κ3) is 3.84. The van der Waals surface area contributed by atoms with Gasteiger partial charge in [-0.3, -0.25) is 4.79 Å². The normalized spacial score (nSPS) is 17.2. The minimum atomic E-state index is -0.930. The van der Waals surface area contributed by atoms with E-state index >= 15 is 0 Å². The van der Waals surface area contributed by atoms with Crippen LogP contribution in [0.15, 0.2) is 18.2 Å². The Kier molecular flexibility index (Phi) is 4.99. The topological polar surface area (TPSA) is 66.4 Å². The van der Waals surface area contributed by atoms with Gasteiger partial charge in [0.15, 0.2) is 0 Å². The van der Waals surface area contributed by atoms with E-state index in [0.29, 0.717) is 5.56 Å². The highest BCUT2D eigenvalue weighted by Crippen LogP contribution is 2.27. The van der Waals surface area contributed by atoms with Crippen molar-refractivity contribution >= 4 is 11.9 Å². The zero-order valence-electron chi connectivity index (χ0n) is 12.7. The average molecular weight is 289 g/mol. The number of benzene rings is 1. The number of carboxylic acid groups (broad SMARTS) is 1. The molecule has 2 N–H and O–H groups in total. The highest BCUT2D eigenvalue weighted by Gasteiger charge is 2.31. The van der Waals surface area contributed by atoms with Crippen LogP contribution in [-0.4, -0.2) is 23.0 Å². The minimum Gasteiger partial charge on any atom is -0.480 e. The monoisotopic (exact) mass is 289 g/mol. The first-order valence-corrected chi connectivity index (χ1v) is 7.60. The molecule has 0 aromatic heterocycles. The zero-order chi connectivity index (χ0) is 15.4. The van der Waals surface area contributed by atoms with Gasteiger partial charge in [0, 0.05) is 5.56 Å². The predicted octanol–water partition coefficient (Wildman–Crippen LogP) is 3.07. The van der Waals surface area contributed by atoms with Gasteiger partial charge in [0.05, 0.1) is 0 Å². The van der Waals surface area contributed by atoms with E-state index in [2.05, 4.69) is 5.32 Å². The number of aryl methyl sites for hydroxylation is 2. The number of hydrogen-bond acceptors (Lipinski definition) is 2. The molecule has 0 radical (unpaired) electrons. The lowest BCUT2D eigenvalue weighted by Crippen LogP contribution is -2.46. The van der Waals surface area contributed by atoms with Gasteiger partial charge in [0.2, 0.25) is 0 Å². The summed E-state index contributed by atoms with van der Waals surface area (Å²) in [5, 5.41) is 12.2. The standard InChI is InChI=1S/C17H23NO3/c1-11-8-9-12(2)14(10-11)16(19)18-15(17(20)21)13-6-4-3-5-7-13/h8-10,13,15H,3-7H2,1-2H3,(H,18,19)(H,20,21). The molecule has 1 aromatic rings. The molecule has 1 amide bonds. The Hall–Kier alpha value is -1.84. The summed E-state index contributed by atoms with van der Waals surface area (Å²) in [6.07, 6.45) is 5.02. The number of amides is 1. The van der Waals surface area contributed by atoms with Gasteiger partial charge in [-0.1, -0.05) is 37.0 Å². The van der Waals surface area contributed by atoms with Crippen molar-refractivity contribution in [1.82, 2.24) is 5.32 Å². The van der Waals surface area contributed by atoms with Crippen molar-refractivity contribution < 1.29 is 14.7 Å². The molecule has 1 unspecified atom stereocenters. The van der Waals surface area contributed by atoms with Crippen molar-refractivity contribution in [2.45, 2.75) is 52.0 Å². The molecule has 1 atom stereocenters. The number of nitrogens with one attached hydrogen (secondary N) is 1. The van der Waals surface area contributed by atoms with Crippen molar-refractivity contribution in [3.8, 4) is 0 Å². The fourth-order valence-electron chi connectivity index (χ4n) is 3.05. The lowest BCUT2D eigenvalue weighted by molar-refractivity contribution is -0.141. The minimum absolute atomic E-state index is 0.0466. The molecule has 1 aliphatic carbocycles. The quantitative estimate of drug-likeness (QED) is 0.895. The highest BCUT2D eigenvalue weighted by molar-refractivity contribution is 5.98. The van der Waals surface area contributed by atoms with E-state index in [1.807, 2.05) is 32.0 Å². The van der Waals surface area contributed by atoms with Crippen LogP contribution in [0.3, 0.4) is 0 Å². The van der Waals surface area contributed by atoms with Crippen LogP contribution in [0, 0.1) is 19.8 Å². The molecule has 1 fully saturated rings.